The molecule has 0 N–H and O–H groups in total. The molecule has 0 aliphatic carbocycles. The molecule has 0 bridgehead atoms. The van der Waals surface area contributed by atoms with Gasteiger partial charge >= 0.3 is 5.97 Å². The number of hydrogen-bond donors (Lipinski definition) is 0. The number of carbonyl (C=O) groups excluding carboxylic acids is 3. The molecule has 2 rings (SSSR count). The summed E-state index contributed by atoms with van der Waals surface area (Å²) in [7, 11) is 0. The molecule has 1 aromatic rings. The maximum absolute atomic E-state index is 12.4. The molecular formula is C17H20ClNO5. The number of alkyl halides is 1. The molecule has 0 radical (unpaired) electrons. The standard InChI is InChI=1S/C17H20ClNO5/c1-10(2)9-23-16(21)8-19-13-6-12(14(20)7-18)4-5-15(13)24-11(3)17(19)22/h4-6,10-11H,7-9H2,1-3H3. The number of anilines is 1. The van der Waals surface area contributed by atoms with Crippen molar-refractivity contribution in [2.45, 2.75) is 26.9 Å². The summed E-state index contributed by atoms with van der Waals surface area (Å²) < 4.78 is 10.7. The topological polar surface area (TPSA) is 72.9 Å². The van der Waals surface area contributed by atoms with Crippen molar-refractivity contribution in [3.05, 3.63) is 23.8 Å². The van der Waals surface area contributed by atoms with Crippen molar-refractivity contribution >= 4 is 34.9 Å². The molecule has 1 aliphatic rings. The zero-order chi connectivity index (χ0) is 17.9. The van der Waals surface area contributed by atoms with Crippen molar-refractivity contribution in [3.8, 4) is 5.75 Å². The number of Topliss-reactive ketones (excluding diaryl/α,β-unsaturated/α-hetero) is 1. The zero-order valence-corrected chi connectivity index (χ0v) is 14.6. The van der Waals surface area contributed by atoms with Gasteiger partial charge in [0.15, 0.2) is 11.9 Å². The van der Waals surface area contributed by atoms with E-state index in [4.69, 9.17) is 21.1 Å². The molecule has 1 unspecified atom stereocenters. The SMILES string of the molecule is CC(C)COC(=O)CN1C(=O)C(C)Oc2ccc(C(=O)CCl)cc21. The van der Waals surface area contributed by atoms with E-state index in [1.165, 1.54) is 11.0 Å². The molecule has 6 nitrogen and oxygen atoms in total. The Balaban J connectivity index is 2.28. The van der Waals surface area contributed by atoms with Crippen LogP contribution >= 0.6 is 11.6 Å². The summed E-state index contributed by atoms with van der Waals surface area (Å²) in [5, 5.41) is 0. The highest BCUT2D eigenvalue weighted by molar-refractivity contribution is 6.30. The normalized spacial score (nSPS) is 16.6. The van der Waals surface area contributed by atoms with E-state index in [0.717, 1.165) is 0 Å². The van der Waals surface area contributed by atoms with E-state index in [1.807, 2.05) is 13.8 Å². The van der Waals surface area contributed by atoms with Crippen LogP contribution in [0.15, 0.2) is 18.2 Å². The predicted molar refractivity (Wildman–Crippen MR) is 89.7 cm³/mol. The van der Waals surface area contributed by atoms with Gasteiger partial charge in [0.1, 0.15) is 12.3 Å². The average Bonchev–Trinajstić information content (AvgIpc) is 2.56. The monoisotopic (exact) mass is 353 g/mol. The number of esters is 1. The summed E-state index contributed by atoms with van der Waals surface area (Å²) in [5.41, 5.74) is 0.728. The summed E-state index contributed by atoms with van der Waals surface area (Å²) in [6.07, 6.45) is -0.718. The largest absolute Gasteiger partial charge is 0.479 e. The van der Waals surface area contributed by atoms with Crippen LogP contribution in [0.2, 0.25) is 0 Å². The summed E-state index contributed by atoms with van der Waals surface area (Å²) in [6.45, 7) is 5.51. The Labute approximate surface area is 145 Å². The van der Waals surface area contributed by atoms with E-state index in [2.05, 4.69) is 0 Å². The smallest absolute Gasteiger partial charge is 0.326 e. The van der Waals surface area contributed by atoms with E-state index in [1.54, 1.807) is 19.1 Å². The van der Waals surface area contributed by atoms with E-state index in [-0.39, 0.29) is 36.6 Å². The molecule has 0 saturated carbocycles. The minimum absolute atomic E-state index is 0.166. The summed E-state index contributed by atoms with van der Waals surface area (Å²) in [4.78, 5) is 37.5. The minimum Gasteiger partial charge on any atom is -0.479 e. The number of benzene rings is 1. The molecule has 0 fully saturated rings. The molecule has 1 atom stereocenters. The number of ether oxygens (including phenoxy) is 2. The van der Waals surface area contributed by atoms with Crippen LogP contribution in [-0.2, 0) is 14.3 Å². The number of amides is 1. The summed E-state index contributed by atoms with van der Waals surface area (Å²) >= 11 is 5.58. The van der Waals surface area contributed by atoms with Crippen molar-refractivity contribution in [1.82, 2.24) is 0 Å². The summed E-state index contributed by atoms with van der Waals surface area (Å²) in [6, 6.07) is 4.70. The van der Waals surface area contributed by atoms with Gasteiger partial charge in [0.05, 0.1) is 18.2 Å². The fraction of sp³-hybridized carbons (Fsp3) is 0.471. The van der Waals surface area contributed by atoms with Crippen LogP contribution in [0.5, 0.6) is 5.75 Å². The van der Waals surface area contributed by atoms with E-state index in [9.17, 15) is 14.4 Å². The fourth-order valence-electron chi connectivity index (χ4n) is 2.26. The number of hydrogen-bond acceptors (Lipinski definition) is 5. The first-order chi connectivity index (χ1) is 11.3. The highest BCUT2D eigenvalue weighted by Gasteiger charge is 2.33. The first-order valence-electron chi connectivity index (χ1n) is 7.70. The molecule has 7 heteroatoms. The van der Waals surface area contributed by atoms with Gasteiger partial charge in [0.25, 0.3) is 5.91 Å². The van der Waals surface area contributed by atoms with Crippen LogP contribution in [0, 0.1) is 5.92 Å². The Bertz CT molecular complexity index is 658. The Morgan fingerprint density at radius 2 is 2.08 bits per heavy atom. The second kappa shape index (κ2) is 7.66. The Morgan fingerprint density at radius 3 is 2.71 bits per heavy atom. The predicted octanol–water partition coefficient (Wildman–Crippen LogP) is 2.42. The second-order valence-corrected chi connectivity index (χ2v) is 6.27. The molecule has 0 spiro atoms. The third-order valence-corrected chi connectivity index (χ3v) is 3.72. The van der Waals surface area contributed by atoms with Crippen LogP contribution in [0.1, 0.15) is 31.1 Å². The molecule has 0 aromatic heterocycles. The first kappa shape index (κ1) is 18.3. The van der Waals surface area contributed by atoms with Gasteiger partial charge in [-0.2, -0.15) is 0 Å². The lowest BCUT2D eigenvalue weighted by Crippen LogP contribution is -2.47. The van der Waals surface area contributed by atoms with Crippen molar-refractivity contribution in [1.29, 1.82) is 0 Å². The van der Waals surface area contributed by atoms with Crippen LogP contribution in [-0.4, -0.2) is 42.8 Å². The van der Waals surface area contributed by atoms with Crippen LogP contribution in [0.3, 0.4) is 0 Å². The van der Waals surface area contributed by atoms with Gasteiger partial charge in [-0.05, 0) is 31.0 Å². The molecule has 130 valence electrons. The van der Waals surface area contributed by atoms with Crippen molar-refractivity contribution in [2.24, 2.45) is 5.92 Å². The minimum atomic E-state index is -0.718. The average molecular weight is 354 g/mol. The number of rotatable bonds is 6. The molecule has 0 saturated heterocycles. The van der Waals surface area contributed by atoms with E-state index >= 15 is 0 Å². The van der Waals surface area contributed by atoms with Gasteiger partial charge in [-0.1, -0.05) is 13.8 Å². The summed E-state index contributed by atoms with van der Waals surface area (Å²) in [5.74, 6) is -0.669. The second-order valence-electron chi connectivity index (χ2n) is 6.00. The third kappa shape index (κ3) is 4.06. The van der Waals surface area contributed by atoms with Gasteiger partial charge in [-0.3, -0.25) is 19.3 Å². The van der Waals surface area contributed by atoms with E-state index in [0.29, 0.717) is 17.0 Å². The van der Waals surface area contributed by atoms with Crippen molar-refractivity contribution in [2.75, 3.05) is 23.9 Å². The number of fused-ring (bicyclic) bond motifs is 1. The number of ketones is 1. The van der Waals surface area contributed by atoms with Crippen LogP contribution < -0.4 is 9.64 Å². The van der Waals surface area contributed by atoms with Crippen molar-refractivity contribution < 1.29 is 23.9 Å². The lowest BCUT2D eigenvalue weighted by molar-refractivity contribution is -0.144. The van der Waals surface area contributed by atoms with E-state index < -0.39 is 12.1 Å². The van der Waals surface area contributed by atoms with Gasteiger partial charge in [-0.25, -0.2) is 0 Å². The number of nitrogens with zero attached hydrogens (tertiary/aromatic N) is 1. The zero-order valence-electron chi connectivity index (χ0n) is 13.9. The quantitative estimate of drug-likeness (QED) is 0.446. The highest BCUT2D eigenvalue weighted by atomic mass is 35.5. The molecular weight excluding hydrogens is 334 g/mol. The van der Waals surface area contributed by atoms with Crippen LogP contribution in [0.4, 0.5) is 5.69 Å². The van der Waals surface area contributed by atoms with Gasteiger partial charge in [0, 0.05) is 5.56 Å². The van der Waals surface area contributed by atoms with Gasteiger partial charge in [0.2, 0.25) is 0 Å². The molecule has 1 heterocycles. The van der Waals surface area contributed by atoms with Crippen molar-refractivity contribution in [3.63, 3.8) is 0 Å². The van der Waals surface area contributed by atoms with Gasteiger partial charge in [-0.15, -0.1) is 11.6 Å². The van der Waals surface area contributed by atoms with Gasteiger partial charge < -0.3 is 9.47 Å². The molecule has 1 aliphatic heterocycles. The molecule has 1 amide bonds. The lowest BCUT2D eigenvalue weighted by Gasteiger charge is -2.32. The number of halogens is 1. The Morgan fingerprint density at radius 1 is 1.38 bits per heavy atom. The molecule has 24 heavy (non-hydrogen) atoms. The lowest BCUT2D eigenvalue weighted by atomic mass is 10.1. The van der Waals surface area contributed by atoms with Crippen LogP contribution in [0.25, 0.3) is 0 Å². The number of carbonyl (C=O) groups is 3. The maximum atomic E-state index is 12.4. The molecule has 1 aromatic carbocycles. The Kier molecular flexibility index (Phi) is 5.83. The first-order valence-corrected chi connectivity index (χ1v) is 8.23. The third-order valence-electron chi connectivity index (χ3n) is 3.48. The highest BCUT2D eigenvalue weighted by Crippen LogP contribution is 2.35. The Hall–Kier alpha value is -2.08. The maximum Gasteiger partial charge on any atom is 0.326 e. The fourth-order valence-corrected chi connectivity index (χ4v) is 2.41.